The third kappa shape index (κ3) is 3.62. The summed E-state index contributed by atoms with van der Waals surface area (Å²) in [5.41, 5.74) is 1.18. The maximum absolute atomic E-state index is 12.4. The number of benzene rings is 1. The van der Waals surface area contributed by atoms with E-state index in [0.29, 0.717) is 24.3 Å². The van der Waals surface area contributed by atoms with E-state index in [-0.39, 0.29) is 24.8 Å². The molecule has 1 aliphatic heterocycles. The van der Waals surface area contributed by atoms with Gasteiger partial charge in [-0.3, -0.25) is 19.3 Å². The predicted molar refractivity (Wildman–Crippen MR) is 89.2 cm³/mol. The highest BCUT2D eigenvalue weighted by molar-refractivity contribution is 6.17. The molecule has 0 aromatic heterocycles. The van der Waals surface area contributed by atoms with Crippen LogP contribution in [0.5, 0.6) is 0 Å². The first-order valence-electron chi connectivity index (χ1n) is 7.86. The fourth-order valence-electron chi connectivity index (χ4n) is 2.49. The molecule has 24 heavy (non-hydrogen) atoms. The second kappa shape index (κ2) is 7.74. The quantitative estimate of drug-likeness (QED) is 0.722. The van der Waals surface area contributed by atoms with Gasteiger partial charge >= 0.3 is 0 Å². The molecule has 1 heterocycles. The highest BCUT2D eigenvalue weighted by Crippen LogP contribution is 2.19. The number of amides is 3. The molecule has 1 aliphatic rings. The highest BCUT2D eigenvalue weighted by atomic mass is 16.3. The van der Waals surface area contributed by atoms with Crippen LogP contribution in [0.4, 0.5) is 5.69 Å². The molecule has 1 aromatic rings. The van der Waals surface area contributed by atoms with Crippen molar-refractivity contribution in [3.05, 3.63) is 41.6 Å². The first-order chi connectivity index (χ1) is 11.5. The third-order valence-corrected chi connectivity index (χ3v) is 3.77. The van der Waals surface area contributed by atoms with Gasteiger partial charge in [0.15, 0.2) is 0 Å². The topological polar surface area (TPSA) is 90.0 Å². The molecule has 3 amide bonds. The lowest BCUT2D eigenvalue weighted by molar-refractivity contribution is -0.137. The van der Waals surface area contributed by atoms with Crippen molar-refractivity contribution in [2.45, 2.75) is 13.8 Å². The van der Waals surface area contributed by atoms with E-state index in [9.17, 15) is 14.4 Å². The van der Waals surface area contributed by atoms with E-state index < -0.39 is 11.8 Å². The number of nitrogens with zero attached hydrogens (tertiary/aromatic N) is 2. The van der Waals surface area contributed by atoms with Gasteiger partial charge in [-0.25, -0.2) is 0 Å². The zero-order valence-corrected chi connectivity index (χ0v) is 13.8. The summed E-state index contributed by atoms with van der Waals surface area (Å²) in [5.74, 6) is -1.05. The molecule has 0 bridgehead atoms. The first-order valence-corrected chi connectivity index (χ1v) is 7.86. The fourth-order valence-corrected chi connectivity index (χ4v) is 2.49. The van der Waals surface area contributed by atoms with E-state index in [2.05, 4.69) is 5.32 Å². The molecule has 0 saturated carbocycles. The van der Waals surface area contributed by atoms with Gasteiger partial charge in [0.05, 0.1) is 13.2 Å². The largest absolute Gasteiger partial charge is 0.395 e. The van der Waals surface area contributed by atoms with Crippen LogP contribution in [0.2, 0.25) is 0 Å². The second-order valence-electron chi connectivity index (χ2n) is 5.26. The maximum Gasteiger partial charge on any atom is 0.277 e. The molecule has 0 fully saturated rings. The Kier molecular flexibility index (Phi) is 5.70. The molecule has 1 aromatic carbocycles. The van der Waals surface area contributed by atoms with Gasteiger partial charge < -0.3 is 15.3 Å². The molecule has 2 N–H and O–H groups in total. The Morgan fingerprint density at radius 2 is 1.96 bits per heavy atom. The average Bonchev–Trinajstić information content (AvgIpc) is 2.84. The minimum atomic E-state index is -0.491. The Morgan fingerprint density at radius 3 is 2.58 bits per heavy atom. The fraction of sp³-hybridized carbons (Fsp3) is 0.353. The summed E-state index contributed by atoms with van der Waals surface area (Å²) in [5, 5.41) is 11.8. The number of anilines is 1. The normalized spacial score (nSPS) is 14.0. The summed E-state index contributed by atoms with van der Waals surface area (Å²) in [6, 6.07) is 6.78. The molecule has 2 rings (SSSR count). The lowest BCUT2D eigenvalue weighted by Gasteiger charge is -2.19. The zero-order valence-electron chi connectivity index (χ0n) is 13.8. The van der Waals surface area contributed by atoms with E-state index in [1.807, 2.05) is 13.8 Å². The van der Waals surface area contributed by atoms with Crippen LogP contribution in [0.25, 0.3) is 0 Å². The van der Waals surface area contributed by atoms with Crippen LogP contribution >= 0.6 is 0 Å². The van der Waals surface area contributed by atoms with Gasteiger partial charge in [-0.15, -0.1) is 0 Å². The van der Waals surface area contributed by atoms with Crippen LogP contribution in [0.1, 0.15) is 24.2 Å². The van der Waals surface area contributed by atoms with E-state index in [0.717, 1.165) is 4.90 Å². The number of nitrogens with one attached hydrogen (secondary N) is 1. The molecule has 7 heteroatoms. The molecular formula is C17H21N3O4. The average molecular weight is 331 g/mol. The van der Waals surface area contributed by atoms with Crippen LogP contribution in [0.15, 0.2) is 36.0 Å². The molecule has 0 radical (unpaired) electrons. The number of rotatable bonds is 7. The molecule has 0 aliphatic carbocycles. The second-order valence-corrected chi connectivity index (χ2v) is 5.26. The zero-order chi connectivity index (χ0) is 17.7. The Morgan fingerprint density at radius 1 is 1.25 bits per heavy atom. The number of β-amino-alcohol motifs (C(OH)–C–C–N with tert-alkyl or cyclic N) is 1. The number of aliphatic hydroxyl groups excluding tert-OH is 1. The van der Waals surface area contributed by atoms with Gasteiger partial charge in [0, 0.05) is 30.4 Å². The number of hydrogen-bond donors (Lipinski definition) is 2. The Hall–Kier alpha value is -2.67. The van der Waals surface area contributed by atoms with E-state index in [1.165, 1.54) is 6.08 Å². The van der Waals surface area contributed by atoms with Crippen LogP contribution < -0.4 is 5.32 Å². The van der Waals surface area contributed by atoms with Crippen molar-refractivity contribution in [2.24, 2.45) is 0 Å². The summed E-state index contributed by atoms with van der Waals surface area (Å²) in [4.78, 5) is 38.9. The van der Waals surface area contributed by atoms with Gasteiger partial charge in [0.1, 0.15) is 5.70 Å². The summed E-state index contributed by atoms with van der Waals surface area (Å²) < 4.78 is 0. The summed E-state index contributed by atoms with van der Waals surface area (Å²) in [6.45, 7) is 4.72. The van der Waals surface area contributed by atoms with Crippen molar-refractivity contribution < 1.29 is 19.5 Å². The third-order valence-electron chi connectivity index (χ3n) is 3.77. The van der Waals surface area contributed by atoms with Crippen molar-refractivity contribution in [1.82, 2.24) is 9.80 Å². The van der Waals surface area contributed by atoms with Gasteiger partial charge in [0.25, 0.3) is 17.7 Å². The van der Waals surface area contributed by atoms with Gasteiger partial charge in [-0.05, 0) is 32.0 Å². The van der Waals surface area contributed by atoms with Gasteiger partial charge in [-0.1, -0.05) is 6.07 Å². The standard InChI is InChI=1S/C17H21N3O4/c1-3-19(4-2)16(23)12-6-5-7-13(10-12)18-14-11-15(22)20(8-9-21)17(14)24/h5-7,10-11,18,21H,3-4,8-9H2,1-2H3. The number of carbonyl (C=O) groups excluding carboxylic acids is 3. The van der Waals surface area contributed by atoms with Crippen molar-refractivity contribution in [2.75, 3.05) is 31.6 Å². The molecule has 0 atom stereocenters. The Bertz CT molecular complexity index is 680. The lowest BCUT2D eigenvalue weighted by Crippen LogP contribution is -2.34. The molecule has 7 nitrogen and oxygen atoms in total. The number of aliphatic hydroxyl groups is 1. The molecule has 0 spiro atoms. The van der Waals surface area contributed by atoms with Crippen LogP contribution in [-0.4, -0.2) is 58.9 Å². The smallest absolute Gasteiger partial charge is 0.277 e. The van der Waals surface area contributed by atoms with Crippen molar-refractivity contribution in [1.29, 1.82) is 0 Å². The van der Waals surface area contributed by atoms with Crippen molar-refractivity contribution >= 4 is 23.4 Å². The predicted octanol–water partition coefficient (Wildman–Crippen LogP) is 0.825. The van der Waals surface area contributed by atoms with E-state index in [1.54, 1.807) is 29.2 Å². The Labute approximate surface area is 140 Å². The minimum absolute atomic E-state index is 0.0418. The van der Waals surface area contributed by atoms with Crippen LogP contribution in [0.3, 0.4) is 0 Å². The van der Waals surface area contributed by atoms with Crippen molar-refractivity contribution in [3.8, 4) is 0 Å². The SMILES string of the molecule is CCN(CC)C(=O)c1cccc(NC2=CC(=O)N(CCO)C2=O)c1. The van der Waals surface area contributed by atoms with Crippen LogP contribution in [-0.2, 0) is 9.59 Å². The van der Waals surface area contributed by atoms with Crippen LogP contribution in [0, 0.1) is 0 Å². The molecular weight excluding hydrogens is 310 g/mol. The minimum Gasteiger partial charge on any atom is -0.395 e. The van der Waals surface area contributed by atoms with Gasteiger partial charge in [0.2, 0.25) is 0 Å². The van der Waals surface area contributed by atoms with E-state index >= 15 is 0 Å². The maximum atomic E-state index is 12.4. The molecule has 128 valence electrons. The first kappa shape index (κ1) is 17.7. The Balaban J connectivity index is 2.16. The molecule has 0 saturated heterocycles. The highest BCUT2D eigenvalue weighted by Gasteiger charge is 2.30. The summed E-state index contributed by atoms with van der Waals surface area (Å²) >= 11 is 0. The summed E-state index contributed by atoms with van der Waals surface area (Å²) in [7, 11) is 0. The number of imide groups is 1. The van der Waals surface area contributed by atoms with Crippen molar-refractivity contribution in [3.63, 3.8) is 0 Å². The summed E-state index contributed by atoms with van der Waals surface area (Å²) in [6.07, 6.45) is 1.19. The number of carbonyl (C=O) groups is 3. The number of hydrogen-bond acceptors (Lipinski definition) is 5. The van der Waals surface area contributed by atoms with Gasteiger partial charge in [-0.2, -0.15) is 0 Å². The molecule has 0 unspecified atom stereocenters. The monoisotopic (exact) mass is 331 g/mol. The lowest BCUT2D eigenvalue weighted by atomic mass is 10.1. The van der Waals surface area contributed by atoms with E-state index in [4.69, 9.17) is 5.11 Å².